The van der Waals surface area contributed by atoms with Crippen LogP contribution in [0.1, 0.15) is 58.7 Å². The molecule has 2 N–H and O–H groups in total. The highest BCUT2D eigenvalue weighted by molar-refractivity contribution is 5.05. The number of aliphatic hydroxyl groups excluding tert-OH is 1. The van der Waals surface area contributed by atoms with Crippen LogP contribution in [0.4, 0.5) is 0 Å². The van der Waals surface area contributed by atoms with Crippen LogP contribution in [0.5, 0.6) is 0 Å². The van der Waals surface area contributed by atoms with Crippen LogP contribution in [-0.4, -0.2) is 27.0 Å². The molecule has 1 saturated carbocycles. The number of nitrogens with one attached hydrogen (secondary N) is 1. The molecule has 19 heavy (non-hydrogen) atoms. The minimum atomic E-state index is -0.174. The van der Waals surface area contributed by atoms with Crippen molar-refractivity contribution >= 4 is 0 Å². The molecule has 0 bridgehead atoms. The predicted octanol–water partition coefficient (Wildman–Crippen LogP) is 2.49. The van der Waals surface area contributed by atoms with Gasteiger partial charge in [-0.15, -0.1) is 0 Å². The summed E-state index contributed by atoms with van der Waals surface area (Å²) in [4.78, 5) is 0. The lowest BCUT2D eigenvalue weighted by Crippen LogP contribution is -2.59. The minimum absolute atomic E-state index is 0.0159. The normalized spacial score (nSPS) is 25.6. The zero-order valence-corrected chi connectivity index (χ0v) is 12.6. The van der Waals surface area contributed by atoms with E-state index in [9.17, 15) is 5.11 Å². The van der Waals surface area contributed by atoms with Gasteiger partial charge in [0.05, 0.1) is 17.8 Å². The van der Waals surface area contributed by atoms with Gasteiger partial charge in [-0.2, -0.15) is 5.10 Å². The van der Waals surface area contributed by atoms with Gasteiger partial charge < -0.3 is 10.4 Å². The maximum atomic E-state index is 9.72. The monoisotopic (exact) mass is 265 g/mol. The van der Waals surface area contributed by atoms with Gasteiger partial charge in [-0.25, -0.2) is 0 Å². The highest BCUT2D eigenvalue weighted by Gasteiger charge is 2.46. The van der Waals surface area contributed by atoms with Crippen molar-refractivity contribution in [3.8, 4) is 0 Å². The summed E-state index contributed by atoms with van der Waals surface area (Å²) in [6.45, 7) is 9.41. The standard InChI is InChI=1S/C15H27N3O/c1-5-12(6-2)18-8-7-11(17-18)10-16-13-9-14(19)15(13,3)4/h7-8,12-14,16,19H,5-6,9-10H2,1-4H3. The molecular formula is C15H27N3O. The Hall–Kier alpha value is -0.870. The second-order valence-electron chi connectivity index (χ2n) is 6.26. The van der Waals surface area contributed by atoms with E-state index in [2.05, 4.69) is 55.1 Å². The molecule has 0 radical (unpaired) electrons. The van der Waals surface area contributed by atoms with E-state index in [1.807, 2.05) is 0 Å². The minimum Gasteiger partial charge on any atom is -0.392 e. The summed E-state index contributed by atoms with van der Waals surface area (Å²) in [7, 11) is 0. The van der Waals surface area contributed by atoms with Gasteiger partial charge in [0.1, 0.15) is 0 Å². The Morgan fingerprint density at radius 3 is 2.68 bits per heavy atom. The molecule has 0 amide bonds. The van der Waals surface area contributed by atoms with Crippen LogP contribution in [-0.2, 0) is 6.54 Å². The van der Waals surface area contributed by atoms with E-state index in [1.54, 1.807) is 0 Å². The van der Waals surface area contributed by atoms with Crippen LogP contribution < -0.4 is 5.32 Å². The molecule has 2 atom stereocenters. The van der Waals surface area contributed by atoms with Crippen LogP contribution >= 0.6 is 0 Å². The zero-order chi connectivity index (χ0) is 14.0. The average molecular weight is 265 g/mol. The largest absolute Gasteiger partial charge is 0.392 e. The Bertz CT molecular complexity index is 409. The van der Waals surface area contributed by atoms with Crippen molar-refractivity contribution in [2.24, 2.45) is 5.41 Å². The summed E-state index contributed by atoms with van der Waals surface area (Å²) < 4.78 is 2.08. The van der Waals surface area contributed by atoms with Crippen LogP contribution in [0, 0.1) is 5.41 Å². The number of nitrogens with zero attached hydrogens (tertiary/aromatic N) is 2. The van der Waals surface area contributed by atoms with E-state index in [0.717, 1.165) is 31.5 Å². The van der Waals surface area contributed by atoms with E-state index in [-0.39, 0.29) is 11.5 Å². The molecule has 1 aliphatic carbocycles. The van der Waals surface area contributed by atoms with Crippen molar-refractivity contribution in [2.75, 3.05) is 0 Å². The number of hydrogen-bond acceptors (Lipinski definition) is 3. The molecule has 1 fully saturated rings. The van der Waals surface area contributed by atoms with Crippen molar-refractivity contribution in [1.82, 2.24) is 15.1 Å². The highest BCUT2D eigenvalue weighted by atomic mass is 16.3. The second kappa shape index (κ2) is 5.63. The zero-order valence-electron chi connectivity index (χ0n) is 12.6. The molecule has 1 aliphatic rings. The fourth-order valence-corrected chi connectivity index (χ4v) is 2.81. The van der Waals surface area contributed by atoms with Gasteiger partial charge in [-0.1, -0.05) is 27.7 Å². The third kappa shape index (κ3) is 2.84. The molecule has 0 spiro atoms. The third-order valence-electron chi connectivity index (χ3n) is 4.73. The summed E-state index contributed by atoms with van der Waals surface area (Å²) >= 11 is 0. The van der Waals surface area contributed by atoms with Crippen LogP contribution in [0.2, 0.25) is 0 Å². The van der Waals surface area contributed by atoms with Gasteiger partial charge in [0.25, 0.3) is 0 Å². The Morgan fingerprint density at radius 2 is 2.16 bits per heavy atom. The van der Waals surface area contributed by atoms with Crippen LogP contribution in [0.25, 0.3) is 0 Å². The lowest BCUT2D eigenvalue weighted by molar-refractivity contribution is -0.0730. The number of aromatic nitrogens is 2. The topological polar surface area (TPSA) is 50.1 Å². The molecule has 4 heteroatoms. The first-order valence-electron chi connectivity index (χ1n) is 7.44. The molecule has 1 heterocycles. The van der Waals surface area contributed by atoms with E-state index in [0.29, 0.717) is 12.1 Å². The predicted molar refractivity (Wildman–Crippen MR) is 76.9 cm³/mol. The highest BCUT2D eigenvalue weighted by Crippen LogP contribution is 2.40. The smallest absolute Gasteiger partial charge is 0.0762 e. The molecular weight excluding hydrogens is 238 g/mol. The van der Waals surface area contributed by atoms with E-state index in [1.165, 1.54) is 0 Å². The quantitative estimate of drug-likeness (QED) is 0.831. The molecule has 0 aromatic carbocycles. The molecule has 4 nitrogen and oxygen atoms in total. The summed E-state index contributed by atoms with van der Waals surface area (Å²) in [5, 5.41) is 17.9. The number of aliphatic hydroxyl groups is 1. The van der Waals surface area contributed by atoms with Gasteiger partial charge >= 0.3 is 0 Å². The average Bonchev–Trinajstić information content (AvgIpc) is 2.84. The fraction of sp³-hybridized carbons (Fsp3) is 0.800. The van der Waals surface area contributed by atoms with E-state index >= 15 is 0 Å². The van der Waals surface area contributed by atoms with Crippen molar-refractivity contribution in [2.45, 2.75) is 71.7 Å². The Balaban J connectivity index is 1.87. The molecule has 108 valence electrons. The first-order chi connectivity index (χ1) is 8.98. The number of hydrogen-bond donors (Lipinski definition) is 2. The van der Waals surface area contributed by atoms with Gasteiger partial charge in [0.2, 0.25) is 0 Å². The summed E-state index contributed by atoms with van der Waals surface area (Å²) in [5.41, 5.74) is 1.07. The Kier molecular flexibility index (Phi) is 4.31. The van der Waals surface area contributed by atoms with E-state index in [4.69, 9.17) is 0 Å². The van der Waals surface area contributed by atoms with Crippen LogP contribution in [0.15, 0.2) is 12.3 Å². The maximum absolute atomic E-state index is 9.72. The fourth-order valence-electron chi connectivity index (χ4n) is 2.81. The summed E-state index contributed by atoms with van der Waals surface area (Å²) in [6.07, 6.45) is 4.99. The first kappa shape index (κ1) is 14.5. The lowest BCUT2D eigenvalue weighted by atomic mass is 9.64. The maximum Gasteiger partial charge on any atom is 0.0762 e. The van der Waals surface area contributed by atoms with Crippen molar-refractivity contribution in [1.29, 1.82) is 0 Å². The van der Waals surface area contributed by atoms with Crippen molar-refractivity contribution < 1.29 is 5.11 Å². The van der Waals surface area contributed by atoms with E-state index < -0.39 is 0 Å². The third-order valence-corrected chi connectivity index (χ3v) is 4.73. The van der Waals surface area contributed by atoms with Crippen LogP contribution in [0.3, 0.4) is 0 Å². The lowest BCUT2D eigenvalue weighted by Gasteiger charge is -2.49. The molecule has 1 aromatic heterocycles. The second-order valence-corrected chi connectivity index (χ2v) is 6.26. The van der Waals surface area contributed by atoms with Gasteiger partial charge in [0.15, 0.2) is 0 Å². The SMILES string of the molecule is CCC(CC)n1ccc(CNC2CC(O)C2(C)C)n1. The van der Waals surface area contributed by atoms with Gasteiger partial charge in [0, 0.05) is 24.2 Å². The van der Waals surface area contributed by atoms with Gasteiger partial charge in [-0.3, -0.25) is 4.68 Å². The van der Waals surface area contributed by atoms with Gasteiger partial charge in [-0.05, 0) is 25.3 Å². The molecule has 0 saturated heterocycles. The summed E-state index contributed by atoms with van der Waals surface area (Å²) in [5.74, 6) is 0. The van der Waals surface area contributed by atoms with Crippen molar-refractivity contribution in [3.63, 3.8) is 0 Å². The summed E-state index contributed by atoms with van der Waals surface area (Å²) in [6, 6.07) is 2.99. The molecule has 0 aliphatic heterocycles. The molecule has 2 unspecified atom stereocenters. The molecule has 2 rings (SSSR count). The molecule has 1 aromatic rings. The van der Waals surface area contributed by atoms with Crippen molar-refractivity contribution in [3.05, 3.63) is 18.0 Å². The first-order valence-corrected chi connectivity index (χ1v) is 7.44. The Morgan fingerprint density at radius 1 is 1.47 bits per heavy atom. The Labute approximate surface area is 116 Å². The number of rotatable bonds is 6.